The van der Waals surface area contributed by atoms with Crippen molar-refractivity contribution in [3.8, 4) is 0 Å². The van der Waals surface area contributed by atoms with Crippen LogP contribution in [0.4, 0.5) is 16.6 Å². The summed E-state index contributed by atoms with van der Waals surface area (Å²) in [4.78, 5) is 23.7. The Kier molecular flexibility index (Phi) is 6.29. The molecule has 0 fully saturated rings. The summed E-state index contributed by atoms with van der Waals surface area (Å²) in [7, 11) is 0. The lowest BCUT2D eigenvalue weighted by molar-refractivity contribution is 0.188. The molecule has 1 atom stereocenters. The number of aromatic nitrogens is 4. The monoisotopic (exact) mass is 459 g/mol. The van der Waals surface area contributed by atoms with Gasteiger partial charge in [-0.2, -0.15) is 5.10 Å². The second-order valence-corrected chi connectivity index (χ2v) is 8.15. The molecule has 0 bridgehead atoms. The number of benzene rings is 1. The third-order valence-electron chi connectivity index (χ3n) is 5.27. The van der Waals surface area contributed by atoms with Crippen molar-refractivity contribution in [2.24, 2.45) is 0 Å². The zero-order valence-electron chi connectivity index (χ0n) is 17.3. The Morgan fingerprint density at radius 2 is 2.10 bits per heavy atom. The third kappa shape index (κ3) is 4.75. The quantitative estimate of drug-likeness (QED) is 0.583. The summed E-state index contributed by atoms with van der Waals surface area (Å²) in [6.45, 7) is 5.69. The predicted octanol–water partition coefficient (Wildman–Crippen LogP) is 4.57. The minimum absolute atomic E-state index is 0.151. The van der Waals surface area contributed by atoms with E-state index >= 15 is 0 Å². The number of urea groups is 1. The van der Waals surface area contributed by atoms with E-state index in [0.29, 0.717) is 35.5 Å². The van der Waals surface area contributed by atoms with E-state index in [2.05, 4.69) is 25.7 Å². The van der Waals surface area contributed by atoms with E-state index in [1.54, 1.807) is 23.2 Å². The van der Waals surface area contributed by atoms with Gasteiger partial charge < -0.3 is 15.5 Å². The topological polar surface area (TPSA) is 88.0 Å². The maximum absolute atomic E-state index is 12.9. The van der Waals surface area contributed by atoms with E-state index in [1.807, 2.05) is 36.9 Å². The number of halogens is 2. The number of carbonyl (C=O) groups is 1. The summed E-state index contributed by atoms with van der Waals surface area (Å²) in [5, 5.41) is 11.4. The molecule has 0 saturated carbocycles. The molecule has 1 aliphatic rings. The third-order valence-corrected chi connectivity index (χ3v) is 6.01. The summed E-state index contributed by atoms with van der Waals surface area (Å²) in [5.74, 6) is 1.31. The molecule has 0 aliphatic carbocycles. The highest BCUT2D eigenvalue weighted by Gasteiger charge is 2.24. The highest BCUT2D eigenvalue weighted by atomic mass is 35.5. The number of rotatable bonds is 5. The lowest BCUT2D eigenvalue weighted by Gasteiger charge is -2.29. The maximum Gasteiger partial charge on any atom is 0.318 e. The van der Waals surface area contributed by atoms with Crippen LogP contribution in [0.3, 0.4) is 0 Å². The SMILES string of the molecule is CCn1nccc1Nc1ncc2c(n1)CN(C(=O)N[C@H](C)c1ccc(Cl)c(Cl)c1)CC2. The normalized spacial score (nSPS) is 14.1. The van der Waals surface area contributed by atoms with Crippen LogP contribution >= 0.6 is 23.2 Å². The van der Waals surface area contributed by atoms with Gasteiger partial charge in [0.25, 0.3) is 0 Å². The number of fused-ring (bicyclic) bond motifs is 1. The van der Waals surface area contributed by atoms with E-state index in [0.717, 1.165) is 29.2 Å². The van der Waals surface area contributed by atoms with Gasteiger partial charge in [-0.05, 0) is 43.5 Å². The smallest absolute Gasteiger partial charge is 0.318 e. The molecule has 8 nitrogen and oxygen atoms in total. The summed E-state index contributed by atoms with van der Waals surface area (Å²) in [5.41, 5.74) is 2.78. The Hall–Kier alpha value is -2.84. The lowest BCUT2D eigenvalue weighted by atomic mass is 10.1. The number of carbonyl (C=O) groups excluding carboxylic acids is 1. The van der Waals surface area contributed by atoms with Crippen molar-refractivity contribution in [2.45, 2.75) is 39.4 Å². The van der Waals surface area contributed by atoms with Crippen LogP contribution in [-0.2, 0) is 19.5 Å². The number of hydrogen-bond donors (Lipinski definition) is 2. The van der Waals surface area contributed by atoms with Crippen molar-refractivity contribution >= 4 is 41.0 Å². The Labute approximate surface area is 190 Å². The molecule has 162 valence electrons. The Morgan fingerprint density at radius 1 is 1.26 bits per heavy atom. The van der Waals surface area contributed by atoms with Crippen LogP contribution in [0.25, 0.3) is 0 Å². The number of nitrogens with zero attached hydrogens (tertiary/aromatic N) is 5. The van der Waals surface area contributed by atoms with Crippen LogP contribution < -0.4 is 10.6 Å². The van der Waals surface area contributed by atoms with Crippen molar-refractivity contribution < 1.29 is 4.79 Å². The molecule has 3 aromatic rings. The number of aryl methyl sites for hydroxylation is 1. The van der Waals surface area contributed by atoms with Gasteiger partial charge in [-0.15, -0.1) is 0 Å². The molecule has 0 unspecified atom stereocenters. The van der Waals surface area contributed by atoms with Gasteiger partial charge in [0.1, 0.15) is 5.82 Å². The largest absolute Gasteiger partial charge is 0.331 e. The highest BCUT2D eigenvalue weighted by molar-refractivity contribution is 6.42. The molecule has 2 aromatic heterocycles. The molecule has 1 aliphatic heterocycles. The molecule has 10 heteroatoms. The molecule has 0 radical (unpaired) electrons. The standard InChI is InChI=1S/C21H23Cl2N7O/c1-3-30-19(6-8-25-30)28-20-24-11-15-7-9-29(12-18(15)27-20)21(31)26-13(2)14-4-5-16(22)17(23)10-14/h4-6,8,10-11,13H,3,7,9,12H2,1-2H3,(H,26,31)(H,24,27,28)/t13-/m1/s1. The zero-order valence-corrected chi connectivity index (χ0v) is 18.8. The summed E-state index contributed by atoms with van der Waals surface area (Å²) in [6.07, 6.45) is 4.26. The lowest BCUT2D eigenvalue weighted by Crippen LogP contribution is -2.43. The molecule has 0 saturated heterocycles. The van der Waals surface area contributed by atoms with E-state index < -0.39 is 0 Å². The van der Waals surface area contributed by atoms with Gasteiger partial charge in [0.15, 0.2) is 0 Å². The molecule has 1 aromatic carbocycles. The first-order valence-electron chi connectivity index (χ1n) is 10.1. The average Bonchev–Trinajstić information content (AvgIpc) is 3.22. The fourth-order valence-corrected chi connectivity index (χ4v) is 3.79. The van der Waals surface area contributed by atoms with Crippen molar-refractivity contribution in [1.82, 2.24) is 30.0 Å². The van der Waals surface area contributed by atoms with E-state index in [9.17, 15) is 4.79 Å². The average molecular weight is 460 g/mol. The fourth-order valence-electron chi connectivity index (χ4n) is 3.48. The molecular formula is C21H23Cl2N7O. The Morgan fingerprint density at radius 3 is 2.87 bits per heavy atom. The molecule has 3 heterocycles. The number of hydrogen-bond acceptors (Lipinski definition) is 5. The van der Waals surface area contributed by atoms with Gasteiger partial charge in [0, 0.05) is 25.4 Å². The van der Waals surface area contributed by atoms with Gasteiger partial charge >= 0.3 is 6.03 Å². The number of anilines is 2. The summed E-state index contributed by atoms with van der Waals surface area (Å²) >= 11 is 12.1. The number of amides is 2. The van der Waals surface area contributed by atoms with Crippen LogP contribution in [0.1, 0.15) is 36.7 Å². The Balaban J connectivity index is 1.43. The molecule has 0 spiro atoms. The first-order valence-corrected chi connectivity index (χ1v) is 10.8. The van der Waals surface area contributed by atoms with E-state index in [4.69, 9.17) is 23.2 Å². The number of nitrogens with one attached hydrogen (secondary N) is 2. The second-order valence-electron chi connectivity index (χ2n) is 7.34. The van der Waals surface area contributed by atoms with Crippen LogP contribution in [-0.4, -0.2) is 37.2 Å². The van der Waals surface area contributed by atoms with Crippen molar-refractivity contribution in [1.29, 1.82) is 0 Å². The van der Waals surface area contributed by atoms with E-state index in [1.165, 1.54) is 0 Å². The maximum atomic E-state index is 12.9. The van der Waals surface area contributed by atoms with Crippen molar-refractivity contribution in [3.05, 3.63) is 63.5 Å². The van der Waals surface area contributed by atoms with Crippen molar-refractivity contribution in [2.75, 3.05) is 11.9 Å². The van der Waals surface area contributed by atoms with Gasteiger partial charge in [-0.3, -0.25) is 0 Å². The summed E-state index contributed by atoms with van der Waals surface area (Å²) < 4.78 is 1.83. The van der Waals surface area contributed by atoms with Crippen LogP contribution in [0.15, 0.2) is 36.7 Å². The van der Waals surface area contributed by atoms with Gasteiger partial charge in [-0.25, -0.2) is 19.4 Å². The van der Waals surface area contributed by atoms with Crippen molar-refractivity contribution in [3.63, 3.8) is 0 Å². The van der Waals surface area contributed by atoms with Crippen LogP contribution in [0, 0.1) is 0 Å². The first kappa shape index (κ1) is 21.4. The second kappa shape index (κ2) is 9.11. The van der Waals surface area contributed by atoms with Crippen LogP contribution in [0.2, 0.25) is 10.0 Å². The van der Waals surface area contributed by atoms with E-state index in [-0.39, 0.29) is 12.1 Å². The molecule has 2 N–H and O–H groups in total. The Bertz CT molecular complexity index is 1100. The minimum atomic E-state index is -0.208. The van der Waals surface area contributed by atoms with Gasteiger partial charge in [0.2, 0.25) is 5.95 Å². The molecule has 4 rings (SSSR count). The molecule has 2 amide bonds. The fraction of sp³-hybridized carbons (Fsp3) is 0.333. The first-order chi connectivity index (χ1) is 14.9. The van der Waals surface area contributed by atoms with Crippen LogP contribution in [0.5, 0.6) is 0 Å². The zero-order chi connectivity index (χ0) is 22.0. The predicted molar refractivity (Wildman–Crippen MR) is 121 cm³/mol. The summed E-state index contributed by atoms with van der Waals surface area (Å²) in [6, 6.07) is 6.87. The van der Waals surface area contributed by atoms with Gasteiger partial charge in [-0.1, -0.05) is 29.3 Å². The minimum Gasteiger partial charge on any atom is -0.331 e. The molecular weight excluding hydrogens is 437 g/mol. The molecule has 31 heavy (non-hydrogen) atoms. The van der Waals surface area contributed by atoms with Gasteiger partial charge in [0.05, 0.1) is 34.5 Å². The highest BCUT2D eigenvalue weighted by Crippen LogP contribution is 2.26.